The summed E-state index contributed by atoms with van der Waals surface area (Å²) in [4.78, 5) is 2.41. The van der Waals surface area contributed by atoms with Gasteiger partial charge in [0.25, 0.3) is 0 Å². The summed E-state index contributed by atoms with van der Waals surface area (Å²) in [5, 5.41) is 0. The summed E-state index contributed by atoms with van der Waals surface area (Å²) in [5.41, 5.74) is 9.65. The lowest BCUT2D eigenvalue weighted by atomic mass is 10.1. The topological polar surface area (TPSA) is 29.3 Å². The third-order valence-electron chi connectivity index (χ3n) is 2.77. The SMILES string of the molecule is CCN(CCCN)c1c(C)cccc1C. The second-order valence-electron chi connectivity index (χ2n) is 3.96. The average molecular weight is 206 g/mol. The van der Waals surface area contributed by atoms with Crippen molar-refractivity contribution in [3.05, 3.63) is 29.3 Å². The molecule has 0 unspecified atom stereocenters. The minimum Gasteiger partial charge on any atom is -0.371 e. The smallest absolute Gasteiger partial charge is 0.0425 e. The second-order valence-corrected chi connectivity index (χ2v) is 3.96. The highest BCUT2D eigenvalue weighted by atomic mass is 15.1. The minimum absolute atomic E-state index is 0.765. The molecule has 2 heteroatoms. The summed E-state index contributed by atoms with van der Waals surface area (Å²) < 4.78 is 0. The van der Waals surface area contributed by atoms with Crippen LogP contribution in [-0.4, -0.2) is 19.6 Å². The van der Waals surface area contributed by atoms with Crippen LogP contribution in [0.25, 0.3) is 0 Å². The number of anilines is 1. The first-order valence-corrected chi connectivity index (χ1v) is 5.72. The van der Waals surface area contributed by atoms with Gasteiger partial charge in [-0.3, -0.25) is 0 Å². The van der Waals surface area contributed by atoms with Gasteiger partial charge in [0.15, 0.2) is 0 Å². The highest BCUT2D eigenvalue weighted by Gasteiger charge is 2.08. The minimum atomic E-state index is 0.765. The fraction of sp³-hybridized carbons (Fsp3) is 0.538. The molecule has 0 aliphatic carbocycles. The standard InChI is InChI=1S/C13H22N2/c1-4-15(10-6-9-14)13-11(2)7-5-8-12(13)3/h5,7-8H,4,6,9-10,14H2,1-3H3. The summed E-state index contributed by atoms with van der Waals surface area (Å²) >= 11 is 0. The predicted molar refractivity (Wildman–Crippen MR) is 67.5 cm³/mol. The third kappa shape index (κ3) is 2.96. The van der Waals surface area contributed by atoms with Crippen LogP contribution in [0.15, 0.2) is 18.2 Å². The van der Waals surface area contributed by atoms with Crippen LogP contribution in [-0.2, 0) is 0 Å². The van der Waals surface area contributed by atoms with E-state index >= 15 is 0 Å². The molecule has 1 aromatic rings. The van der Waals surface area contributed by atoms with Crippen molar-refractivity contribution in [3.8, 4) is 0 Å². The summed E-state index contributed by atoms with van der Waals surface area (Å²) in [6, 6.07) is 6.46. The van der Waals surface area contributed by atoms with Crippen LogP contribution in [0.5, 0.6) is 0 Å². The Hall–Kier alpha value is -1.02. The Morgan fingerprint density at radius 2 is 1.80 bits per heavy atom. The van der Waals surface area contributed by atoms with Gasteiger partial charge < -0.3 is 10.6 Å². The molecule has 0 amide bonds. The molecule has 0 saturated carbocycles. The molecule has 1 rings (SSSR count). The van der Waals surface area contributed by atoms with E-state index < -0.39 is 0 Å². The number of aryl methyl sites for hydroxylation is 2. The first kappa shape index (κ1) is 12.1. The Kier molecular flexibility index (Phi) is 4.63. The Morgan fingerprint density at radius 3 is 2.27 bits per heavy atom. The van der Waals surface area contributed by atoms with Gasteiger partial charge in [0.2, 0.25) is 0 Å². The molecule has 1 aromatic carbocycles. The fourth-order valence-electron chi connectivity index (χ4n) is 2.01. The average Bonchev–Trinajstić information content (AvgIpc) is 2.22. The van der Waals surface area contributed by atoms with E-state index in [-0.39, 0.29) is 0 Å². The van der Waals surface area contributed by atoms with E-state index in [1.165, 1.54) is 16.8 Å². The fourth-order valence-corrected chi connectivity index (χ4v) is 2.01. The van der Waals surface area contributed by atoms with Crippen molar-refractivity contribution in [3.63, 3.8) is 0 Å². The maximum absolute atomic E-state index is 5.56. The van der Waals surface area contributed by atoms with Crippen LogP contribution in [0.1, 0.15) is 24.5 Å². The first-order chi connectivity index (χ1) is 7.20. The van der Waals surface area contributed by atoms with Crippen LogP contribution < -0.4 is 10.6 Å². The largest absolute Gasteiger partial charge is 0.371 e. The highest BCUT2D eigenvalue weighted by Crippen LogP contribution is 2.24. The number of hydrogen-bond acceptors (Lipinski definition) is 2. The molecular weight excluding hydrogens is 184 g/mol. The molecule has 2 N–H and O–H groups in total. The van der Waals surface area contributed by atoms with Gasteiger partial charge >= 0.3 is 0 Å². The van der Waals surface area contributed by atoms with Crippen molar-refractivity contribution in [2.24, 2.45) is 5.73 Å². The molecule has 2 nitrogen and oxygen atoms in total. The van der Waals surface area contributed by atoms with Gasteiger partial charge in [-0.2, -0.15) is 0 Å². The second kappa shape index (κ2) is 5.76. The van der Waals surface area contributed by atoms with E-state index in [0.29, 0.717) is 0 Å². The zero-order valence-electron chi connectivity index (χ0n) is 10.1. The molecule has 0 heterocycles. The lowest BCUT2D eigenvalue weighted by Crippen LogP contribution is -2.27. The quantitative estimate of drug-likeness (QED) is 0.802. The zero-order chi connectivity index (χ0) is 11.3. The van der Waals surface area contributed by atoms with Crippen molar-refractivity contribution < 1.29 is 0 Å². The van der Waals surface area contributed by atoms with Crippen molar-refractivity contribution in [1.29, 1.82) is 0 Å². The predicted octanol–water partition coefficient (Wildman–Crippen LogP) is 2.48. The molecule has 84 valence electrons. The summed E-state index contributed by atoms with van der Waals surface area (Å²) in [6.07, 6.45) is 1.06. The molecular formula is C13H22N2. The van der Waals surface area contributed by atoms with Crippen molar-refractivity contribution >= 4 is 5.69 Å². The third-order valence-corrected chi connectivity index (χ3v) is 2.77. The van der Waals surface area contributed by atoms with Crippen LogP contribution >= 0.6 is 0 Å². The van der Waals surface area contributed by atoms with Crippen LogP contribution in [0.2, 0.25) is 0 Å². The Balaban J connectivity index is 2.90. The van der Waals surface area contributed by atoms with Crippen molar-refractivity contribution in [1.82, 2.24) is 0 Å². The van der Waals surface area contributed by atoms with Crippen LogP contribution in [0.4, 0.5) is 5.69 Å². The molecule has 0 saturated heterocycles. The first-order valence-electron chi connectivity index (χ1n) is 5.72. The van der Waals surface area contributed by atoms with Crippen LogP contribution in [0, 0.1) is 13.8 Å². The molecule has 0 aromatic heterocycles. The van der Waals surface area contributed by atoms with Gasteiger partial charge in [0, 0.05) is 18.8 Å². The van der Waals surface area contributed by atoms with E-state index in [1.807, 2.05) is 0 Å². The lowest BCUT2D eigenvalue weighted by Gasteiger charge is -2.26. The van der Waals surface area contributed by atoms with Crippen molar-refractivity contribution in [2.75, 3.05) is 24.5 Å². The highest BCUT2D eigenvalue weighted by molar-refractivity contribution is 5.58. The molecule has 0 spiro atoms. The summed E-state index contributed by atoms with van der Waals surface area (Å²) in [5.74, 6) is 0. The molecule has 0 fully saturated rings. The number of hydrogen-bond donors (Lipinski definition) is 1. The molecule has 0 atom stereocenters. The van der Waals surface area contributed by atoms with E-state index in [4.69, 9.17) is 5.73 Å². The van der Waals surface area contributed by atoms with E-state index in [9.17, 15) is 0 Å². The van der Waals surface area contributed by atoms with E-state index in [0.717, 1.165) is 26.1 Å². The Labute approximate surface area is 93.1 Å². The number of benzene rings is 1. The number of nitrogens with two attached hydrogens (primary N) is 1. The van der Waals surface area contributed by atoms with Gasteiger partial charge in [0.05, 0.1) is 0 Å². The van der Waals surface area contributed by atoms with Crippen LogP contribution in [0.3, 0.4) is 0 Å². The maximum Gasteiger partial charge on any atom is 0.0425 e. The summed E-state index contributed by atoms with van der Waals surface area (Å²) in [7, 11) is 0. The van der Waals surface area contributed by atoms with Gasteiger partial charge in [-0.05, 0) is 44.9 Å². The summed E-state index contributed by atoms with van der Waals surface area (Å²) in [6.45, 7) is 9.41. The lowest BCUT2D eigenvalue weighted by molar-refractivity contribution is 0.750. The Morgan fingerprint density at radius 1 is 1.20 bits per heavy atom. The normalized spacial score (nSPS) is 10.4. The van der Waals surface area contributed by atoms with E-state index in [1.54, 1.807) is 0 Å². The van der Waals surface area contributed by atoms with Gasteiger partial charge in [0.1, 0.15) is 0 Å². The zero-order valence-corrected chi connectivity index (χ0v) is 10.1. The number of nitrogens with zero attached hydrogens (tertiary/aromatic N) is 1. The number of rotatable bonds is 5. The molecule has 15 heavy (non-hydrogen) atoms. The number of para-hydroxylation sites is 1. The van der Waals surface area contributed by atoms with Crippen molar-refractivity contribution in [2.45, 2.75) is 27.2 Å². The van der Waals surface area contributed by atoms with E-state index in [2.05, 4.69) is 43.9 Å². The Bertz CT molecular complexity index is 287. The molecule has 0 radical (unpaired) electrons. The molecule has 0 aliphatic heterocycles. The molecule has 0 aliphatic rings. The van der Waals surface area contributed by atoms with Gasteiger partial charge in [-0.25, -0.2) is 0 Å². The molecule has 0 bridgehead atoms. The monoisotopic (exact) mass is 206 g/mol. The van der Waals surface area contributed by atoms with Gasteiger partial charge in [-0.15, -0.1) is 0 Å². The maximum atomic E-state index is 5.56. The van der Waals surface area contributed by atoms with Gasteiger partial charge in [-0.1, -0.05) is 18.2 Å².